The number of hydrogen-bond donors (Lipinski definition) is 2. The van der Waals surface area contributed by atoms with Gasteiger partial charge < -0.3 is 15.1 Å². The van der Waals surface area contributed by atoms with E-state index in [2.05, 4.69) is 20.2 Å². The molecule has 4 rings (SSSR count). The molecule has 0 radical (unpaired) electrons. The first kappa shape index (κ1) is 19.1. The van der Waals surface area contributed by atoms with Crippen molar-refractivity contribution in [3.05, 3.63) is 84.2 Å². The van der Waals surface area contributed by atoms with Crippen LogP contribution in [0.2, 0.25) is 0 Å². The van der Waals surface area contributed by atoms with E-state index in [1.165, 1.54) is 10.5 Å². The van der Waals surface area contributed by atoms with E-state index in [4.69, 9.17) is 0 Å². The van der Waals surface area contributed by atoms with Gasteiger partial charge in [0, 0.05) is 23.6 Å². The van der Waals surface area contributed by atoms with Gasteiger partial charge >= 0.3 is 0 Å². The molecule has 29 heavy (non-hydrogen) atoms. The van der Waals surface area contributed by atoms with Gasteiger partial charge in [0.2, 0.25) is 5.95 Å². The molecular weight excluding hydrogens is 362 g/mol. The van der Waals surface area contributed by atoms with Crippen LogP contribution < -0.4 is 15.1 Å². The molecule has 6 nitrogen and oxygen atoms in total. The van der Waals surface area contributed by atoms with Crippen molar-refractivity contribution < 1.29 is 9.69 Å². The number of nitrogens with zero attached hydrogens (tertiary/aromatic N) is 3. The van der Waals surface area contributed by atoms with Crippen LogP contribution >= 0.6 is 0 Å². The van der Waals surface area contributed by atoms with E-state index in [1.54, 1.807) is 12.4 Å². The number of piperazine rings is 1. The zero-order chi connectivity index (χ0) is 20.1. The van der Waals surface area contributed by atoms with E-state index in [0.717, 1.165) is 43.4 Å². The Morgan fingerprint density at radius 2 is 1.62 bits per heavy atom. The molecule has 0 spiro atoms. The number of carbonyl (C=O) groups excluding carboxylic acids is 1. The number of anilines is 2. The zero-order valence-corrected chi connectivity index (χ0v) is 16.6. The van der Waals surface area contributed by atoms with Crippen molar-refractivity contribution in [1.29, 1.82) is 0 Å². The third kappa shape index (κ3) is 4.60. The van der Waals surface area contributed by atoms with Crippen LogP contribution in [0, 0.1) is 6.92 Å². The Balaban J connectivity index is 1.51. The number of carbonyl (C=O) groups is 1. The van der Waals surface area contributed by atoms with Crippen LogP contribution in [0.15, 0.2) is 73.1 Å². The smallest absolute Gasteiger partial charge is 0.287 e. The van der Waals surface area contributed by atoms with Crippen LogP contribution in [0.25, 0.3) is 0 Å². The molecule has 1 fully saturated rings. The Kier molecular flexibility index (Phi) is 5.81. The summed E-state index contributed by atoms with van der Waals surface area (Å²) in [6, 6.07) is 19.6. The third-order valence-electron chi connectivity index (χ3n) is 5.36. The van der Waals surface area contributed by atoms with Crippen molar-refractivity contribution in [3.63, 3.8) is 0 Å². The molecule has 1 amide bonds. The van der Waals surface area contributed by atoms with Crippen molar-refractivity contribution in [3.8, 4) is 0 Å². The largest absolute Gasteiger partial charge is 0.330 e. The van der Waals surface area contributed by atoms with E-state index in [-0.39, 0.29) is 11.9 Å². The minimum Gasteiger partial charge on any atom is -0.330 e. The average Bonchev–Trinajstić information content (AvgIpc) is 2.77. The lowest BCUT2D eigenvalue weighted by Gasteiger charge is -2.36. The lowest BCUT2D eigenvalue weighted by Crippen LogP contribution is -3.16. The Bertz CT molecular complexity index is 923. The number of amides is 1. The van der Waals surface area contributed by atoms with Gasteiger partial charge in [-0.2, -0.15) is 0 Å². The summed E-state index contributed by atoms with van der Waals surface area (Å²) in [5, 5.41) is 3.11. The van der Waals surface area contributed by atoms with Gasteiger partial charge in [-0.05, 0) is 25.1 Å². The molecule has 1 aliphatic heterocycles. The van der Waals surface area contributed by atoms with E-state index in [1.807, 2.05) is 67.6 Å². The molecule has 1 atom stereocenters. The maximum absolute atomic E-state index is 13.3. The molecule has 3 aromatic rings. The Labute approximate surface area is 171 Å². The monoisotopic (exact) mass is 388 g/mol. The minimum atomic E-state index is -0.253. The highest BCUT2D eigenvalue weighted by Crippen LogP contribution is 2.15. The van der Waals surface area contributed by atoms with Gasteiger partial charge in [0.05, 0.1) is 26.2 Å². The third-order valence-corrected chi connectivity index (χ3v) is 5.36. The highest BCUT2D eigenvalue weighted by molar-refractivity contribution is 5.94. The maximum atomic E-state index is 13.3. The van der Waals surface area contributed by atoms with Crippen LogP contribution in [-0.4, -0.2) is 42.1 Å². The summed E-state index contributed by atoms with van der Waals surface area (Å²) in [5.74, 6) is 0.784. The number of aryl methyl sites for hydroxylation is 1. The molecule has 0 unspecified atom stereocenters. The summed E-state index contributed by atoms with van der Waals surface area (Å²) >= 11 is 0. The lowest BCUT2D eigenvalue weighted by molar-refractivity contribution is -0.922. The second kappa shape index (κ2) is 8.84. The summed E-state index contributed by atoms with van der Waals surface area (Å²) < 4.78 is 0. The normalized spacial score (nSPS) is 15.7. The highest BCUT2D eigenvalue weighted by Gasteiger charge is 2.34. The number of quaternary nitrogens is 1. The summed E-state index contributed by atoms with van der Waals surface area (Å²) in [4.78, 5) is 25.4. The van der Waals surface area contributed by atoms with Crippen molar-refractivity contribution in [2.24, 2.45) is 0 Å². The van der Waals surface area contributed by atoms with E-state index >= 15 is 0 Å². The molecule has 1 saturated heterocycles. The van der Waals surface area contributed by atoms with Gasteiger partial charge in [0.25, 0.3) is 5.91 Å². The second-order valence-electron chi connectivity index (χ2n) is 7.39. The van der Waals surface area contributed by atoms with Crippen molar-refractivity contribution >= 4 is 17.5 Å². The summed E-state index contributed by atoms with van der Waals surface area (Å²) in [5.41, 5.74) is 3.04. The van der Waals surface area contributed by atoms with E-state index in [9.17, 15) is 4.79 Å². The summed E-state index contributed by atoms with van der Waals surface area (Å²) in [7, 11) is 0. The Hall–Kier alpha value is -3.25. The number of benzene rings is 2. The van der Waals surface area contributed by atoms with Gasteiger partial charge in [-0.3, -0.25) is 4.79 Å². The van der Waals surface area contributed by atoms with Gasteiger partial charge in [0.1, 0.15) is 0 Å². The molecule has 148 valence electrons. The first-order chi connectivity index (χ1) is 14.2. The predicted molar refractivity (Wildman–Crippen MR) is 114 cm³/mol. The molecule has 1 aliphatic rings. The maximum Gasteiger partial charge on any atom is 0.287 e. The first-order valence-corrected chi connectivity index (χ1v) is 10.00. The number of rotatable bonds is 5. The molecule has 6 heteroatoms. The molecule has 0 bridgehead atoms. The SMILES string of the molecule is Cc1ccc(NC(=O)[C@@H](c2ccccc2)[NH+]2CCN(c3ncccn3)CC2)cc1. The van der Waals surface area contributed by atoms with Gasteiger partial charge in [0.15, 0.2) is 6.04 Å². The quantitative estimate of drug-likeness (QED) is 0.701. The van der Waals surface area contributed by atoms with Crippen molar-refractivity contribution in [1.82, 2.24) is 9.97 Å². The van der Waals surface area contributed by atoms with Crippen LogP contribution in [0.5, 0.6) is 0 Å². The molecule has 2 heterocycles. The van der Waals surface area contributed by atoms with Gasteiger partial charge in [-0.1, -0.05) is 48.0 Å². The topological polar surface area (TPSA) is 62.6 Å². The highest BCUT2D eigenvalue weighted by atomic mass is 16.2. The fraction of sp³-hybridized carbons (Fsp3) is 0.261. The first-order valence-electron chi connectivity index (χ1n) is 10.00. The number of aromatic nitrogens is 2. The molecule has 0 aliphatic carbocycles. The van der Waals surface area contributed by atoms with Crippen LogP contribution in [0.4, 0.5) is 11.6 Å². The summed E-state index contributed by atoms with van der Waals surface area (Å²) in [6.45, 7) is 5.37. The number of hydrogen-bond acceptors (Lipinski definition) is 4. The molecular formula is C23H26N5O+. The Morgan fingerprint density at radius 3 is 2.28 bits per heavy atom. The zero-order valence-electron chi connectivity index (χ0n) is 16.6. The predicted octanol–water partition coefficient (Wildman–Crippen LogP) is 1.87. The fourth-order valence-electron chi connectivity index (χ4n) is 3.81. The number of nitrogens with one attached hydrogen (secondary N) is 2. The lowest BCUT2D eigenvalue weighted by atomic mass is 10.0. The minimum absolute atomic E-state index is 0.0273. The van der Waals surface area contributed by atoms with Crippen molar-refractivity contribution in [2.75, 3.05) is 36.4 Å². The molecule has 0 saturated carbocycles. The molecule has 1 aromatic heterocycles. The second-order valence-corrected chi connectivity index (χ2v) is 7.39. The standard InChI is InChI=1S/C23H25N5O/c1-18-8-10-20(11-9-18)26-22(29)21(19-6-3-2-4-7-19)27-14-16-28(17-15-27)23-24-12-5-13-25-23/h2-13,21H,14-17H2,1H3,(H,26,29)/p+1/t21-/m1/s1. The van der Waals surface area contributed by atoms with Crippen molar-refractivity contribution in [2.45, 2.75) is 13.0 Å². The fourth-order valence-corrected chi connectivity index (χ4v) is 3.81. The van der Waals surface area contributed by atoms with E-state index < -0.39 is 0 Å². The summed E-state index contributed by atoms with van der Waals surface area (Å²) in [6.07, 6.45) is 3.53. The van der Waals surface area contributed by atoms with Gasteiger partial charge in [-0.25, -0.2) is 9.97 Å². The van der Waals surface area contributed by atoms with Crippen LogP contribution in [-0.2, 0) is 4.79 Å². The van der Waals surface area contributed by atoms with E-state index in [0.29, 0.717) is 0 Å². The average molecular weight is 388 g/mol. The molecule has 2 N–H and O–H groups in total. The van der Waals surface area contributed by atoms with Crippen LogP contribution in [0.3, 0.4) is 0 Å². The van der Waals surface area contributed by atoms with Gasteiger partial charge in [-0.15, -0.1) is 0 Å². The van der Waals surface area contributed by atoms with Crippen LogP contribution in [0.1, 0.15) is 17.2 Å². The Morgan fingerprint density at radius 1 is 0.966 bits per heavy atom. The molecule has 2 aromatic carbocycles.